The molecule has 1 unspecified atom stereocenters. The molecule has 1 saturated carbocycles. The van der Waals surface area contributed by atoms with Crippen molar-refractivity contribution in [3.8, 4) is 5.69 Å². The monoisotopic (exact) mass is 476 g/mol. The van der Waals surface area contributed by atoms with Crippen LogP contribution in [0, 0.1) is 19.4 Å². The van der Waals surface area contributed by atoms with E-state index in [9.17, 15) is 9.90 Å². The van der Waals surface area contributed by atoms with Gasteiger partial charge >= 0.3 is 0 Å². The standard InChI is InChI=1S/C30H28N4O2/c1-21-18-28(34(33-21)27-13-7-11-25(20-27)31-2)29(35)32-26-12-6-10-24(19-26)30(36,17-16-22-14-15-22)23-8-4-3-5-9-23/h3-13,18-20,22,36H,14-17H2,1H3,(H,32,35). The number of carbonyl (C=O) groups is 1. The SMILES string of the molecule is [C-]#[N+]c1cccc(-n2nc(C)cc2C(=O)Nc2cccc(C(O)(CCC3CC3)c3ccccc3)c2)c1. The van der Waals surface area contributed by atoms with Crippen molar-refractivity contribution in [2.75, 3.05) is 5.32 Å². The number of hydrogen-bond acceptors (Lipinski definition) is 3. The van der Waals surface area contributed by atoms with Crippen LogP contribution in [0.1, 0.15) is 53.0 Å². The minimum atomic E-state index is -1.14. The molecule has 6 nitrogen and oxygen atoms in total. The van der Waals surface area contributed by atoms with Crippen molar-refractivity contribution in [1.82, 2.24) is 9.78 Å². The lowest BCUT2D eigenvalue weighted by Crippen LogP contribution is -2.28. The van der Waals surface area contributed by atoms with Crippen LogP contribution in [0.4, 0.5) is 11.4 Å². The second kappa shape index (κ2) is 9.80. The van der Waals surface area contributed by atoms with E-state index in [2.05, 4.69) is 15.3 Å². The molecule has 1 heterocycles. The predicted octanol–water partition coefficient (Wildman–Crippen LogP) is 6.41. The molecule has 0 spiro atoms. The summed E-state index contributed by atoms with van der Waals surface area (Å²) in [7, 11) is 0. The van der Waals surface area contributed by atoms with Crippen LogP contribution in [0.5, 0.6) is 0 Å². The number of nitrogens with one attached hydrogen (secondary N) is 1. The van der Waals surface area contributed by atoms with Gasteiger partial charge < -0.3 is 10.4 Å². The molecule has 1 atom stereocenters. The van der Waals surface area contributed by atoms with Crippen LogP contribution in [-0.2, 0) is 5.60 Å². The van der Waals surface area contributed by atoms with E-state index in [-0.39, 0.29) is 5.91 Å². The molecule has 1 fully saturated rings. The van der Waals surface area contributed by atoms with E-state index in [0.29, 0.717) is 40.8 Å². The number of amides is 1. The fourth-order valence-corrected chi connectivity index (χ4v) is 4.59. The first-order valence-corrected chi connectivity index (χ1v) is 12.2. The highest BCUT2D eigenvalue weighted by Gasteiger charge is 2.34. The Hall–Kier alpha value is -4.21. The maximum Gasteiger partial charge on any atom is 0.274 e. The van der Waals surface area contributed by atoms with Gasteiger partial charge in [0.25, 0.3) is 5.91 Å². The minimum Gasteiger partial charge on any atom is -0.380 e. The second-order valence-corrected chi connectivity index (χ2v) is 9.46. The third-order valence-corrected chi connectivity index (χ3v) is 6.73. The van der Waals surface area contributed by atoms with Gasteiger partial charge in [-0.15, -0.1) is 0 Å². The van der Waals surface area contributed by atoms with E-state index in [4.69, 9.17) is 6.57 Å². The maximum atomic E-state index is 13.3. The molecule has 5 rings (SSSR count). The summed E-state index contributed by atoms with van der Waals surface area (Å²) in [5.41, 5.74) is 3.25. The molecule has 1 amide bonds. The van der Waals surface area contributed by atoms with Gasteiger partial charge in [0.15, 0.2) is 5.69 Å². The fourth-order valence-electron chi connectivity index (χ4n) is 4.59. The second-order valence-electron chi connectivity index (χ2n) is 9.46. The molecule has 0 saturated heterocycles. The molecule has 6 heteroatoms. The van der Waals surface area contributed by atoms with Crippen LogP contribution >= 0.6 is 0 Å². The van der Waals surface area contributed by atoms with E-state index in [1.54, 1.807) is 28.9 Å². The molecule has 0 bridgehead atoms. The number of rotatable bonds is 8. The van der Waals surface area contributed by atoms with Crippen molar-refractivity contribution in [1.29, 1.82) is 0 Å². The molecule has 1 aliphatic rings. The topological polar surface area (TPSA) is 71.5 Å². The van der Waals surface area contributed by atoms with Gasteiger partial charge in [0, 0.05) is 5.69 Å². The van der Waals surface area contributed by atoms with Crippen molar-refractivity contribution in [3.05, 3.63) is 119 Å². The molecular formula is C30H28N4O2. The largest absolute Gasteiger partial charge is 0.380 e. The number of aliphatic hydroxyl groups is 1. The summed E-state index contributed by atoms with van der Waals surface area (Å²) < 4.78 is 1.55. The van der Waals surface area contributed by atoms with Crippen LogP contribution in [-0.4, -0.2) is 20.8 Å². The molecular weight excluding hydrogens is 448 g/mol. The number of benzene rings is 3. The first kappa shape index (κ1) is 23.5. The highest BCUT2D eigenvalue weighted by Crippen LogP contribution is 2.41. The molecule has 0 radical (unpaired) electrons. The first-order valence-electron chi connectivity index (χ1n) is 12.2. The number of carbonyl (C=O) groups excluding carboxylic acids is 1. The Bertz CT molecular complexity index is 1430. The summed E-state index contributed by atoms with van der Waals surface area (Å²) >= 11 is 0. The van der Waals surface area contributed by atoms with Crippen molar-refractivity contribution < 1.29 is 9.90 Å². The lowest BCUT2D eigenvalue weighted by molar-refractivity contribution is 0.0670. The van der Waals surface area contributed by atoms with E-state index in [1.165, 1.54) is 12.8 Å². The van der Waals surface area contributed by atoms with Crippen LogP contribution in [0.15, 0.2) is 84.9 Å². The Morgan fingerprint density at radius 1 is 1.06 bits per heavy atom. The normalized spacial score (nSPS) is 14.6. The van der Waals surface area contributed by atoms with E-state index in [0.717, 1.165) is 17.5 Å². The molecule has 1 aliphatic carbocycles. The van der Waals surface area contributed by atoms with Gasteiger partial charge in [-0.2, -0.15) is 5.10 Å². The quantitative estimate of drug-likeness (QED) is 0.289. The molecule has 180 valence electrons. The van der Waals surface area contributed by atoms with Gasteiger partial charge in [-0.05, 0) is 67.1 Å². The molecule has 4 aromatic rings. The smallest absolute Gasteiger partial charge is 0.274 e. The van der Waals surface area contributed by atoms with E-state index >= 15 is 0 Å². The molecule has 36 heavy (non-hydrogen) atoms. The zero-order valence-corrected chi connectivity index (χ0v) is 20.2. The summed E-state index contributed by atoms with van der Waals surface area (Å²) in [6.07, 6.45) is 4.05. The average molecular weight is 477 g/mol. The van der Waals surface area contributed by atoms with Crippen LogP contribution in [0.25, 0.3) is 10.5 Å². The van der Waals surface area contributed by atoms with Gasteiger partial charge in [0.1, 0.15) is 11.3 Å². The Labute approximate surface area is 211 Å². The Morgan fingerprint density at radius 3 is 2.56 bits per heavy atom. The van der Waals surface area contributed by atoms with Gasteiger partial charge in [-0.3, -0.25) is 4.79 Å². The van der Waals surface area contributed by atoms with Crippen molar-refractivity contribution in [3.63, 3.8) is 0 Å². The third-order valence-electron chi connectivity index (χ3n) is 6.73. The molecule has 0 aliphatic heterocycles. The third kappa shape index (κ3) is 4.93. The number of nitrogens with zero attached hydrogens (tertiary/aromatic N) is 3. The zero-order chi connectivity index (χ0) is 25.1. The van der Waals surface area contributed by atoms with Crippen molar-refractivity contribution in [2.24, 2.45) is 5.92 Å². The zero-order valence-electron chi connectivity index (χ0n) is 20.2. The number of anilines is 1. The molecule has 3 aromatic carbocycles. The fraction of sp³-hybridized carbons (Fsp3) is 0.233. The Morgan fingerprint density at radius 2 is 1.81 bits per heavy atom. The van der Waals surface area contributed by atoms with Gasteiger partial charge in [-0.25, -0.2) is 9.53 Å². The number of hydrogen-bond donors (Lipinski definition) is 2. The van der Waals surface area contributed by atoms with Gasteiger partial charge in [0.2, 0.25) is 0 Å². The summed E-state index contributed by atoms with van der Waals surface area (Å²) in [6, 6.07) is 25.9. The summed E-state index contributed by atoms with van der Waals surface area (Å²) in [5.74, 6) is 0.371. The molecule has 1 aromatic heterocycles. The lowest BCUT2D eigenvalue weighted by atomic mass is 9.82. The van der Waals surface area contributed by atoms with Gasteiger partial charge in [-0.1, -0.05) is 67.4 Å². The number of aromatic nitrogens is 2. The van der Waals surface area contributed by atoms with E-state index < -0.39 is 5.60 Å². The average Bonchev–Trinajstić information content (AvgIpc) is 3.66. The van der Waals surface area contributed by atoms with E-state index in [1.807, 2.05) is 67.6 Å². The highest BCUT2D eigenvalue weighted by atomic mass is 16.3. The van der Waals surface area contributed by atoms with Crippen LogP contribution in [0.2, 0.25) is 0 Å². The predicted molar refractivity (Wildman–Crippen MR) is 140 cm³/mol. The summed E-state index contributed by atoms with van der Waals surface area (Å²) in [5, 5.41) is 19.4. The Kier molecular flexibility index (Phi) is 6.41. The maximum absolute atomic E-state index is 13.3. The highest BCUT2D eigenvalue weighted by molar-refractivity contribution is 6.03. The summed E-state index contributed by atoms with van der Waals surface area (Å²) in [6.45, 7) is 9.11. The van der Waals surface area contributed by atoms with Crippen LogP contribution in [0.3, 0.4) is 0 Å². The molecule has 2 N–H and O–H groups in total. The van der Waals surface area contributed by atoms with Gasteiger partial charge in [0.05, 0.1) is 18.0 Å². The van der Waals surface area contributed by atoms with Crippen molar-refractivity contribution >= 4 is 17.3 Å². The lowest BCUT2D eigenvalue weighted by Gasteiger charge is -2.30. The van der Waals surface area contributed by atoms with Crippen LogP contribution < -0.4 is 5.32 Å². The first-order chi connectivity index (χ1) is 17.5. The minimum absolute atomic E-state index is 0.317. The number of aryl methyl sites for hydroxylation is 1. The Balaban J connectivity index is 1.44. The summed E-state index contributed by atoms with van der Waals surface area (Å²) in [4.78, 5) is 16.8. The van der Waals surface area contributed by atoms with Crippen molar-refractivity contribution in [2.45, 2.75) is 38.2 Å².